The Hall–Kier alpha value is 0.580. The first-order valence-electron chi connectivity index (χ1n) is 3.80. The second kappa shape index (κ2) is 5.26. The van der Waals surface area contributed by atoms with Gasteiger partial charge in [-0.3, -0.25) is 0 Å². The third-order valence-corrected chi connectivity index (χ3v) is 1.81. The van der Waals surface area contributed by atoms with Crippen LogP contribution < -0.4 is 0 Å². The molecule has 0 radical (unpaired) electrons. The van der Waals surface area contributed by atoms with E-state index in [0.29, 0.717) is 5.92 Å². The highest BCUT2D eigenvalue weighted by molar-refractivity contribution is 6.20. The summed E-state index contributed by atoms with van der Waals surface area (Å²) in [7, 11) is 0. The van der Waals surface area contributed by atoms with Gasteiger partial charge in [0.15, 0.2) is 0 Å². The van der Waals surface area contributed by atoms with Crippen molar-refractivity contribution in [1.29, 1.82) is 0 Å². The van der Waals surface area contributed by atoms with Crippen molar-refractivity contribution in [3.8, 4) is 0 Å². The molecular weight excluding hydrogens is 167 g/mol. The van der Waals surface area contributed by atoms with Gasteiger partial charge in [0.25, 0.3) is 0 Å². The maximum absolute atomic E-state index is 5.81. The van der Waals surface area contributed by atoms with Crippen LogP contribution in [0.5, 0.6) is 0 Å². The Labute approximate surface area is 73.9 Å². The molecule has 0 saturated carbocycles. The van der Waals surface area contributed by atoms with E-state index in [1.807, 2.05) is 13.8 Å². The molecule has 0 aliphatic carbocycles. The van der Waals surface area contributed by atoms with E-state index in [4.69, 9.17) is 23.2 Å². The fraction of sp³-hybridized carbons (Fsp3) is 1.00. The molecule has 0 nitrogen and oxygen atoms in total. The summed E-state index contributed by atoms with van der Waals surface area (Å²) in [4.78, 5) is 0. The SMILES string of the molecule is CC(C[C@H](C)Cl)C[C@@H](C)Cl. The van der Waals surface area contributed by atoms with Crippen LogP contribution in [-0.4, -0.2) is 10.8 Å². The summed E-state index contributed by atoms with van der Waals surface area (Å²) in [5.74, 6) is 0.653. The number of alkyl halides is 2. The van der Waals surface area contributed by atoms with Crippen molar-refractivity contribution < 1.29 is 0 Å². The van der Waals surface area contributed by atoms with E-state index >= 15 is 0 Å². The second-order valence-electron chi connectivity index (χ2n) is 3.14. The van der Waals surface area contributed by atoms with E-state index in [-0.39, 0.29) is 10.8 Å². The lowest BCUT2D eigenvalue weighted by Crippen LogP contribution is -2.06. The molecule has 0 amide bonds. The maximum atomic E-state index is 5.81. The first-order valence-corrected chi connectivity index (χ1v) is 4.67. The number of rotatable bonds is 4. The molecule has 0 aromatic rings. The fourth-order valence-electron chi connectivity index (χ4n) is 1.21. The van der Waals surface area contributed by atoms with Gasteiger partial charge in [0, 0.05) is 10.8 Å². The predicted molar refractivity (Wildman–Crippen MR) is 49.0 cm³/mol. The lowest BCUT2D eigenvalue weighted by molar-refractivity contribution is 0.487. The van der Waals surface area contributed by atoms with Crippen LogP contribution in [0.4, 0.5) is 0 Å². The molecule has 0 aromatic carbocycles. The first-order chi connectivity index (χ1) is 4.52. The van der Waals surface area contributed by atoms with Crippen molar-refractivity contribution in [2.45, 2.75) is 44.4 Å². The zero-order chi connectivity index (χ0) is 8.15. The van der Waals surface area contributed by atoms with Gasteiger partial charge in [-0.05, 0) is 32.6 Å². The minimum absolute atomic E-state index is 0.283. The molecule has 62 valence electrons. The lowest BCUT2D eigenvalue weighted by Gasteiger charge is -2.13. The topological polar surface area (TPSA) is 0 Å². The Bertz CT molecular complexity index is 69.3. The third kappa shape index (κ3) is 6.70. The molecule has 0 bridgehead atoms. The molecule has 0 rings (SSSR count). The molecule has 2 heteroatoms. The van der Waals surface area contributed by atoms with Crippen molar-refractivity contribution in [3.63, 3.8) is 0 Å². The van der Waals surface area contributed by atoms with Crippen LogP contribution in [0.2, 0.25) is 0 Å². The van der Waals surface area contributed by atoms with Crippen molar-refractivity contribution in [2.75, 3.05) is 0 Å². The normalized spacial score (nSPS) is 20.1. The van der Waals surface area contributed by atoms with Crippen LogP contribution in [0.1, 0.15) is 33.6 Å². The molecule has 0 heterocycles. The summed E-state index contributed by atoms with van der Waals surface area (Å²) in [6, 6.07) is 0. The van der Waals surface area contributed by atoms with Gasteiger partial charge >= 0.3 is 0 Å². The summed E-state index contributed by atoms with van der Waals surface area (Å²) in [6.45, 7) is 6.24. The Kier molecular flexibility index (Phi) is 5.56. The Morgan fingerprint density at radius 3 is 1.40 bits per heavy atom. The van der Waals surface area contributed by atoms with Crippen molar-refractivity contribution in [3.05, 3.63) is 0 Å². The molecule has 0 saturated heterocycles. The summed E-state index contributed by atoms with van der Waals surface area (Å²) < 4.78 is 0. The highest BCUT2D eigenvalue weighted by Gasteiger charge is 2.08. The van der Waals surface area contributed by atoms with E-state index in [2.05, 4.69) is 6.92 Å². The molecular formula is C8H16Cl2. The minimum atomic E-state index is 0.283. The van der Waals surface area contributed by atoms with E-state index in [0.717, 1.165) is 12.8 Å². The van der Waals surface area contributed by atoms with Crippen LogP contribution in [-0.2, 0) is 0 Å². The van der Waals surface area contributed by atoms with Crippen molar-refractivity contribution in [2.24, 2.45) is 5.92 Å². The van der Waals surface area contributed by atoms with Crippen LogP contribution >= 0.6 is 23.2 Å². The summed E-state index contributed by atoms with van der Waals surface area (Å²) >= 11 is 11.6. The maximum Gasteiger partial charge on any atom is 0.0310 e. The van der Waals surface area contributed by atoms with Gasteiger partial charge in [-0.2, -0.15) is 0 Å². The molecule has 0 spiro atoms. The highest BCUT2D eigenvalue weighted by atomic mass is 35.5. The molecule has 0 aromatic heterocycles. The summed E-state index contributed by atoms with van der Waals surface area (Å²) in [6.07, 6.45) is 2.14. The monoisotopic (exact) mass is 182 g/mol. The number of hydrogen-bond acceptors (Lipinski definition) is 0. The van der Waals surface area contributed by atoms with Crippen molar-refractivity contribution >= 4 is 23.2 Å². The largest absolute Gasteiger partial charge is 0.123 e. The van der Waals surface area contributed by atoms with Gasteiger partial charge in [0.1, 0.15) is 0 Å². The quantitative estimate of drug-likeness (QED) is 0.583. The van der Waals surface area contributed by atoms with Gasteiger partial charge in [-0.1, -0.05) is 6.92 Å². The molecule has 0 aliphatic heterocycles. The van der Waals surface area contributed by atoms with E-state index in [1.54, 1.807) is 0 Å². The van der Waals surface area contributed by atoms with Crippen LogP contribution in [0.3, 0.4) is 0 Å². The van der Waals surface area contributed by atoms with Gasteiger partial charge in [-0.15, -0.1) is 23.2 Å². The zero-order valence-electron chi connectivity index (χ0n) is 6.90. The lowest BCUT2D eigenvalue weighted by atomic mass is 10.0. The van der Waals surface area contributed by atoms with Gasteiger partial charge < -0.3 is 0 Å². The minimum Gasteiger partial charge on any atom is -0.123 e. The summed E-state index contributed by atoms with van der Waals surface area (Å²) in [5.41, 5.74) is 0. The molecule has 1 unspecified atom stereocenters. The third-order valence-electron chi connectivity index (χ3n) is 1.45. The van der Waals surface area contributed by atoms with Crippen LogP contribution in [0.25, 0.3) is 0 Å². The molecule has 0 N–H and O–H groups in total. The number of hydrogen-bond donors (Lipinski definition) is 0. The number of halogens is 2. The van der Waals surface area contributed by atoms with Crippen molar-refractivity contribution in [1.82, 2.24) is 0 Å². The van der Waals surface area contributed by atoms with E-state index in [9.17, 15) is 0 Å². The van der Waals surface area contributed by atoms with Gasteiger partial charge in [0.05, 0.1) is 0 Å². The molecule has 10 heavy (non-hydrogen) atoms. The molecule has 0 fully saturated rings. The Morgan fingerprint density at radius 1 is 0.900 bits per heavy atom. The predicted octanol–water partition coefficient (Wildman–Crippen LogP) is 3.66. The average Bonchev–Trinajstić information content (AvgIpc) is 1.58. The van der Waals surface area contributed by atoms with E-state index in [1.165, 1.54) is 0 Å². The van der Waals surface area contributed by atoms with Crippen LogP contribution in [0.15, 0.2) is 0 Å². The van der Waals surface area contributed by atoms with Crippen LogP contribution in [0, 0.1) is 5.92 Å². The van der Waals surface area contributed by atoms with Gasteiger partial charge in [-0.25, -0.2) is 0 Å². The van der Waals surface area contributed by atoms with E-state index < -0.39 is 0 Å². The Morgan fingerprint density at radius 2 is 1.20 bits per heavy atom. The molecule has 3 atom stereocenters. The average molecular weight is 183 g/mol. The molecule has 0 aliphatic rings. The zero-order valence-corrected chi connectivity index (χ0v) is 8.41. The summed E-state index contributed by atoms with van der Waals surface area (Å²) in [5, 5.41) is 0.566. The Balaban J connectivity index is 3.34. The standard InChI is InChI=1S/C8H16Cl2/c1-6(4-7(2)9)5-8(3)10/h6-8H,4-5H2,1-3H3/t6?,7-,8+. The first kappa shape index (κ1) is 10.6. The fourth-order valence-corrected chi connectivity index (χ4v) is 1.81. The smallest absolute Gasteiger partial charge is 0.0310 e. The highest BCUT2D eigenvalue weighted by Crippen LogP contribution is 2.17. The van der Waals surface area contributed by atoms with Gasteiger partial charge in [0.2, 0.25) is 0 Å². The second-order valence-corrected chi connectivity index (χ2v) is 4.63.